The average molecular weight is 318 g/mol. The summed E-state index contributed by atoms with van der Waals surface area (Å²) >= 11 is 0. The topological polar surface area (TPSA) is 106 Å². The zero-order chi connectivity index (χ0) is 17.0. The third kappa shape index (κ3) is 3.54. The Labute approximate surface area is 133 Å². The summed E-state index contributed by atoms with van der Waals surface area (Å²) in [4.78, 5) is 27.6. The van der Waals surface area contributed by atoms with Crippen LogP contribution in [0.1, 0.15) is 22.8 Å². The van der Waals surface area contributed by atoms with Gasteiger partial charge in [0.2, 0.25) is 0 Å². The molecule has 122 valence electrons. The summed E-state index contributed by atoms with van der Waals surface area (Å²) in [5.74, 6) is -1.64. The van der Waals surface area contributed by atoms with Crippen molar-refractivity contribution >= 4 is 11.9 Å². The van der Waals surface area contributed by atoms with Crippen molar-refractivity contribution in [3.05, 3.63) is 42.0 Å². The van der Waals surface area contributed by atoms with Crippen LogP contribution in [0.3, 0.4) is 0 Å². The van der Waals surface area contributed by atoms with E-state index in [1.807, 2.05) is 0 Å². The molecule has 0 saturated heterocycles. The zero-order valence-corrected chi connectivity index (χ0v) is 13.1. The number of carbonyl (C=O) groups excluding carboxylic acids is 1. The molecular weight excluding hydrogens is 300 g/mol. The van der Waals surface area contributed by atoms with Crippen molar-refractivity contribution in [3.63, 3.8) is 0 Å². The Balaban J connectivity index is 2.24. The number of nitrogens with one attached hydrogen (secondary N) is 1. The average Bonchev–Trinajstić information content (AvgIpc) is 3.01. The predicted octanol–water partition coefficient (Wildman–Crippen LogP) is 0.795. The van der Waals surface area contributed by atoms with Gasteiger partial charge in [0.05, 0.1) is 12.3 Å². The van der Waals surface area contributed by atoms with Crippen molar-refractivity contribution in [1.29, 1.82) is 0 Å². The number of hydrogen-bond acceptors (Lipinski definition) is 5. The van der Waals surface area contributed by atoms with E-state index in [0.717, 1.165) is 5.69 Å². The Bertz CT molecular complexity index is 714. The number of amides is 1. The number of carbonyl (C=O) groups is 2. The Kier molecular flexibility index (Phi) is 4.75. The molecule has 2 aromatic rings. The van der Waals surface area contributed by atoms with Crippen LogP contribution in [-0.2, 0) is 9.53 Å². The first-order valence-corrected chi connectivity index (χ1v) is 6.88. The minimum Gasteiger partial charge on any atom is -0.479 e. The van der Waals surface area contributed by atoms with E-state index in [-0.39, 0.29) is 6.61 Å². The van der Waals surface area contributed by atoms with Crippen molar-refractivity contribution in [2.45, 2.75) is 19.4 Å². The van der Waals surface area contributed by atoms with E-state index < -0.39 is 17.4 Å². The number of nitrogens with zero attached hydrogens (tertiary/aromatic N) is 3. The molecular formula is C15H18N4O4. The molecule has 0 bridgehead atoms. The summed E-state index contributed by atoms with van der Waals surface area (Å²) in [5, 5.41) is 15.8. The van der Waals surface area contributed by atoms with Gasteiger partial charge in [0.15, 0.2) is 5.54 Å². The maximum Gasteiger partial charge on any atom is 0.331 e. The van der Waals surface area contributed by atoms with Crippen molar-refractivity contribution < 1.29 is 19.4 Å². The first-order chi connectivity index (χ1) is 10.9. The molecule has 0 aliphatic rings. The Hall–Kier alpha value is -2.74. The fourth-order valence-electron chi connectivity index (χ4n) is 2.14. The number of rotatable bonds is 6. The van der Waals surface area contributed by atoms with Gasteiger partial charge in [-0.15, -0.1) is 0 Å². The third-order valence-electron chi connectivity index (χ3n) is 3.43. The number of aromatic nitrogens is 3. The highest BCUT2D eigenvalue weighted by atomic mass is 16.5. The molecule has 0 radical (unpaired) electrons. The van der Waals surface area contributed by atoms with Crippen LogP contribution in [0.15, 0.2) is 30.9 Å². The molecule has 0 saturated carbocycles. The molecule has 2 rings (SSSR count). The van der Waals surface area contributed by atoms with Crippen LogP contribution in [0.4, 0.5) is 0 Å². The van der Waals surface area contributed by atoms with E-state index in [4.69, 9.17) is 4.74 Å². The normalized spacial score (nSPS) is 13.3. The number of carboxylic acid groups (broad SMARTS) is 1. The summed E-state index contributed by atoms with van der Waals surface area (Å²) in [6, 6.07) is 5.11. The zero-order valence-electron chi connectivity index (χ0n) is 13.1. The van der Waals surface area contributed by atoms with Gasteiger partial charge in [0.25, 0.3) is 5.91 Å². The maximum absolute atomic E-state index is 12.4. The van der Waals surface area contributed by atoms with Gasteiger partial charge in [-0.3, -0.25) is 4.79 Å². The molecule has 0 fully saturated rings. The van der Waals surface area contributed by atoms with E-state index in [1.165, 1.54) is 20.4 Å². The lowest BCUT2D eigenvalue weighted by Crippen LogP contribution is -2.55. The minimum absolute atomic E-state index is 0.135. The monoisotopic (exact) mass is 318 g/mol. The van der Waals surface area contributed by atoms with Crippen LogP contribution in [0.5, 0.6) is 0 Å². The molecule has 0 spiro atoms. The Morgan fingerprint density at radius 2 is 2.17 bits per heavy atom. The number of methoxy groups -OCH3 is 1. The summed E-state index contributed by atoms with van der Waals surface area (Å²) in [5.41, 5.74) is 0.343. The lowest BCUT2D eigenvalue weighted by atomic mass is 10.0. The lowest BCUT2D eigenvalue weighted by Gasteiger charge is -2.25. The lowest BCUT2D eigenvalue weighted by molar-refractivity contribution is -0.145. The third-order valence-corrected chi connectivity index (χ3v) is 3.43. The second-order valence-electron chi connectivity index (χ2n) is 5.36. The SMILES string of the molecule is COCC(C)(NC(=O)c1ccc(-n2cncn2)cc1C)C(=O)O. The van der Waals surface area contributed by atoms with Gasteiger partial charge < -0.3 is 15.2 Å². The molecule has 1 heterocycles. The van der Waals surface area contributed by atoms with Crippen LogP contribution < -0.4 is 5.32 Å². The van der Waals surface area contributed by atoms with Crippen LogP contribution in [0.25, 0.3) is 5.69 Å². The summed E-state index contributed by atoms with van der Waals surface area (Å²) in [6.45, 7) is 3.03. The molecule has 2 N–H and O–H groups in total. The van der Waals surface area contributed by atoms with Gasteiger partial charge in [-0.05, 0) is 37.6 Å². The van der Waals surface area contributed by atoms with Gasteiger partial charge in [0.1, 0.15) is 12.7 Å². The Morgan fingerprint density at radius 1 is 1.43 bits per heavy atom. The molecule has 1 aromatic heterocycles. The smallest absolute Gasteiger partial charge is 0.331 e. The highest BCUT2D eigenvalue weighted by Crippen LogP contribution is 2.15. The molecule has 8 heteroatoms. The number of benzene rings is 1. The summed E-state index contributed by atoms with van der Waals surface area (Å²) in [6.07, 6.45) is 2.97. The number of aliphatic carboxylic acids is 1. The van der Waals surface area contributed by atoms with E-state index in [2.05, 4.69) is 15.4 Å². The number of aryl methyl sites for hydroxylation is 1. The maximum atomic E-state index is 12.4. The van der Waals surface area contributed by atoms with Crippen LogP contribution in [-0.4, -0.2) is 51.0 Å². The van der Waals surface area contributed by atoms with Crippen molar-refractivity contribution in [3.8, 4) is 5.69 Å². The molecule has 1 unspecified atom stereocenters. The quantitative estimate of drug-likeness (QED) is 0.816. The van der Waals surface area contributed by atoms with Gasteiger partial charge in [0, 0.05) is 12.7 Å². The molecule has 8 nitrogen and oxygen atoms in total. The highest BCUT2D eigenvalue weighted by Gasteiger charge is 2.35. The van der Waals surface area contributed by atoms with Crippen molar-refractivity contribution in [2.24, 2.45) is 0 Å². The van der Waals surface area contributed by atoms with E-state index >= 15 is 0 Å². The first-order valence-electron chi connectivity index (χ1n) is 6.88. The second-order valence-corrected chi connectivity index (χ2v) is 5.36. The summed E-state index contributed by atoms with van der Waals surface area (Å²) < 4.78 is 6.46. The predicted molar refractivity (Wildman–Crippen MR) is 81.5 cm³/mol. The molecule has 1 atom stereocenters. The number of carboxylic acids is 1. The Morgan fingerprint density at radius 3 is 2.70 bits per heavy atom. The minimum atomic E-state index is -1.50. The first kappa shape index (κ1) is 16.6. The largest absolute Gasteiger partial charge is 0.479 e. The molecule has 0 aliphatic carbocycles. The van der Waals surface area contributed by atoms with Crippen molar-refractivity contribution in [2.75, 3.05) is 13.7 Å². The van der Waals surface area contributed by atoms with Gasteiger partial charge in [-0.2, -0.15) is 5.10 Å². The van der Waals surface area contributed by atoms with Crippen LogP contribution in [0, 0.1) is 6.92 Å². The van der Waals surface area contributed by atoms with E-state index in [9.17, 15) is 14.7 Å². The van der Waals surface area contributed by atoms with Crippen LogP contribution >= 0.6 is 0 Å². The second kappa shape index (κ2) is 6.57. The fraction of sp³-hybridized carbons (Fsp3) is 0.333. The van der Waals surface area contributed by atoms with Gasteiger partial charge >= 0.3 is 5.97 Å². The molecule has 1 amide bonds. The highest BCUT2D eigenvalue weighted by molar-refractivity contribution is 5.99. The standard InChI is InChI=1S/C15H18N4O4/c1-10-6-11(19-9-16-8-17-19)4-5-12(10)13(20)18-15(2,7-23-3)14(21)22/h4-6,8-9H,7H2,1-3H3,(H,18,20)(H,21,22). The van der Waals surface area contributed by atoms with Crippen molar-refractivity contribution in [1.82, 2.24) is 20.1 Å². The molecule has 23 heavy (non-hydrogen) atoms. The van der Waals surface area contributed by atoms with Gasteiger partial charge in [-0.1, -0.05) is 0 Å². The number of hydrogen-bond donors (Lipinski definition) is 2. The van der Waals surface area contributed by atoms with E-state index in [1.54, 1.807) is 36.1 Å². The molecule has 0 aliphatic heterocycles. The molecule has 1 aromatic carbocycles. The summed E-state index contributed by atoms with van der Waals surface area (Å²) in [7, 11) is 1.38. The van der Waals surface area contributed by atoms with E-state index in [0.29, 0.717) is 11.1 Å². The number of ether oxygens (including phenoxy) is 1. The fourth-order valence-corrected chi connectivity index (χ4v) is 2.14. The van der Waals surface area contributed by atoms with Crippen LogP contribution in [0.2, 0.25) is 0 Å². The van der Waals surface area contributed by atoms with Gasteiger partial charge in [-0.25, -0.2) is 14.5 Å².